The number of imide groups is 1. The Balaban J connectivity index is 2.38. The number of carboxylic acid groups (broad SMARTS) is 1. The first-order valence-corrected chi connectivity index (χ1v) is 10.3. The summed E-state index contributed by atoms with van der Waals surface area (Å²) in [6.45, 7) is 7.59. The van der Waals surface area contributed by atoms with E-state index in [0.717, 1.165) is 56.3 Å². The summed E-state index contributed by atoms with van der Waals surface area (Å²) >= 11 is 0. The number of carboxylic acids is 1. The first-order valence-electron chi connectivity index (χ1n) is 10.3. The second-order valence-electron chi connectivity index (χ2n) is 7.60. The van der Waals surface area contributed by atoms with Crippen molar-refractivity contribution in [1.29, 1.82) is 0 Å². The molecule has 2 rings (SSSR count). The minimum atomic E-state index is -1.04. The van der Waals surface area contributed by atoms with Crippen LogP contribution >= 0.6 is 0 Å². The van der Waals surface area contributed by atoms with Gasteiger partial charge in [0.15, 0.2) is 0 Å². The minimum absolute atomic E-state index is 0.184. The number of aliphatic carboxylic acids is 1. The normalized spacial score (nSPS) is 17.3. The summed E-state index contributed by atoms with van der Waals surface area (Å²) in [5.74, 6) is -1.70. The number of piperidine rings is 1. The largest absolute Gasteiger partial charge is 0.481 e. The maximum absolute atomic E-state index is 13.6. The average molecular weight is 389 g/mol. The van der Waals surface area contributed by atoms with Gasteiger partial charge in [0.1, 0.15) is 0 Å². The molecule has 0 radical (unpaired) electrons. The Morgan fingerprint density at radius 3 is 2.43 bits per heavy atom. The Kier molecular flexibility index (Phi) is 8.18. The van der Waals surface area contributed by atoms with Crippen molar-refractivity contribution < 1.29 is 19.5 Å². The molecule has 6 heteroatoms. The molecular weight excluding hydrogens is 356 g/mol. The number of likely N-dealkylation sites (tertiary alicyclic amines) is 1. The summed E-state index contributed by atoms with van der Waals surface area (Å²) < 4.78 is 0. The van der Waals surface area contributed by atoms with Crippen molar-refractivity contribution in [2.45, 2.75) is 71.8 Å². The monoisotopic (exact) mass is 388 g/mol. The number of rotatable bonds is 8. The smallest absolute Gasteiger partial charge is 0.303 e. The zero-order chi connectivity index (χ0) is 20.7. The number of para-hydroxylation sites is 1. The number of benzene rings is 1. The first kappa shape index (κ1) is 22.1. The van der Waals surface area contributed by atoms with Crippen molar-refractivity contribution in [3.63, 3.8) is 0 Å². The van der Waals surface area contributed by atoms with Gasteiger partial charge in [0.25, 0.3) is 5.91 Å². The number of unbranched alkanes of at least 4 members (excludes halogenated alkanes) is 1. The number of nitrogens with zero attached hydrogens (tertiary/aromatic N) is 2. The number of carbonyl (C=O) groups is 3. The van der Waals surface area contributed by atoms with Crippen molar-refractivity contribution in [1.82, 2.24) is 4.90 Å². The summed E-state index contributed by atoms with van der Waals surface area (Å²) in [5, 5.41) is 8.99. The van der Waals surface area contributed by atoms with Crippen molar-refractivity contribution in [2.75, 3.05) is 18.0 Å². The number of amides is 2. The lowest BCUT2D eigenvalue weighted by Gasteiger charge is -2.37. The van der Waals surface area contributed by atoms with E-state index in [1.807, 2.05) is 32.0 Å². The van der Waals surface area contributed by atoms with Gasteiger partial charge in [-0.05, 0) is 57.3 Å². The molecule has 1 aromatic rings. The van der Waals surface area contributed by atoms with Crippen molar-refractivity contribution in [2.24, 2.45) is 0 Å². The van der Waals surface area contributed by atoms with Gasteiger partial charge in [0, 0.05) is 6.42 Å². The fraction of sp³-hybridized carbons (Fsp3) is 0.591. The van der Waals surface area contributed by atoms with Crippen LogP contribution in [0.25, 0.3) is 0 Å². The summed E-state index contributed by atoms with van der Waals surface area (Å²) in [6, 6.07) is 5.33. The van der Waals surface area contributed by atoms with Gasteiger partial charge in [-0.2, -0.15) is 0 Å². The van der Waals surface area contributed by atoms with E-state index in [9.17, 15) is 14.4 Å². The van der Waals surface area contributed by atoms with E-state index in [0.29, 0.717) is 5.69 Å². The molecule has 1 saturated heterocycles. The van der Waals surface area contributed by atoms with Gasteiger partial charge >= 0.3 is 5.97 Å². The molecule has 1 atom stereocenters. The third-order valence-electron chi connectivity index (χ3n) is 5.38. The van der Waals surface area contributed by atoms with E-state index >= 15 is 0 Å². The van der Waals surface area contributed by atoms with E-state index in [2.05, 4.69) is 11.8 Å². The van der Waals surface area contributed by atoms with Gasteiger partial charge in [-0.25, -0.2) is 4.90 Å². The van der Waals surface area contributed by atoms with Crippen molar-refractivity contribution in [3.8, 4) is 0 Å². The molecule has 0 bridgehead atoms. The fourth-order valence-corrected chi connectivity index (χ4v) is 3.89. The molecule has 1 heterocycles. The third kappa shape index (κ3) is 5.41. The highest BCUT2D eigenvalue weighted by atomic mass is 16.4. The topological polar surface area (TPSA) is 77.9 Å². The van der Waals surface area contributed by atoms with Crippen LogP contribution in [0.5, 0.6) is 0 Å². The third-order valence-corrected chi connectivity index (χ3v) is 5.38. The Bertz CT molecular complexity index is 696. The second kappa shape index (κ2) is 10.4. The van der Waals surface area contributed by atoms with E-state index in [1.165, 1.54) is 4.90 Å². The van der Waals surface area contributed by atoms with E-state index in [4.69, 9.17) is 5.11 Å². The molecule has 0 spiro atoms. The van der Waals surface area contributed by atoms with Crippen LogP contribution in [0.1, 0.15) is 63.0 Å². The molecule has 1 aromatic carbocycles. The maximum Gasteiger partial charge on any atom is 0.303 e. The Hall–Kier alpha value is -2.21. The highest BCUT2D eigenvalue weighted by Gasteiger charge is 2.36. The van der Waals surface area contributed by atoms with Gasteiger partial charge in [-0.3, -0.25) is 19.3 Å². The highest BCUT2D eigenvalue weighted by Crippen LogP contribution is 2.29. The molecule has 0 aliphatic carbocycles. The average Bonchev–Trinajstić information content (AvgIpc) is 2.67. The van der Waals surface area contributed by atoms with Crippen LogP contribution in [0.4, 0.5) is 5.69 Å². The molecular formula is C22H32N2O4. The maximum atomic E-state index is 13.6. The van der Waals surface area contributed by atoms with E-state index in [-0.39, 0.29) is 24.8 Å². The lowest BCUT2D eigenvalue weighted by Crippen LogP contribution is -2.53. The van der Waals surface area contributed by atoms with Crippen LogP contribution in [0.3, 0.4) is 0 Å². The Morgan fingerprint density at radius 1 is 1.14 bits per heavy atom. The first-order chi connectivity index (χ1) is 13.4. The summed E-state index contributed by atoms with van der Waals surface area (Å²) in [5.41, 5.74) is 2.28. The fourth-order valence-electron chi connectivity index (χ4n) is 3.89. The van der Waals surface area contributed by atoms with Gasteiger partial charge in [-0.15, -0.1) is 0 Å². The lowest BCUT2D eigenvalue weighted by molar-refractivity contribution is -0.139. The molecule has 0 saturated carbocycles. The molecule has 28 heavy (non-hydrogen) atoms. The summed E-state index contributed by atoms with van der Waals surface area (Å²) in [4.78, 5) is 41.0. The van der Waals surface area contributed by atoms with Crippen molar-refractivity contribution in [3.05, 3.63) is 29.3 Å². The van der Waals surface area contributed by atoms with Crippen LogP contribution in [-0.4, -0.2) is 46.9 Å². The number of anilines is 1. The van der Waals surface area contributed by atoms with Gasteiger partial charge in [0.05, 0.1) is 18.2 Å². The van der Waals surface area contributed by atoms with Crippen LogP contribution < -0.4 is 4.90 Å². The van der Waals surface area contributed by atoms with Crippen LogP contribution in [0, 0.1) is 13.8 Å². The number of aryl methyl sites for hydroxylation is 2. The molecule has 1 aliphatic heterocycles. The van der Waals surface area contributed by atoms with Crippen LogP contribution in [0.15, 0.2) is 18.2 Å². The SMILES string of the molecule is CCCCN1CCCCC1C(=O)N(C(=O)CCC(=O)O)c1c(C)cccc1C. The number of hydrogen-bond donors (Lipinski definition) is 1. The summed E-state index contributed by atoms with van der Waals surface area (Å²) in [6.07, 6.45) is 4.35. The number of carbonyl (C=O) groups excluding carboxylic acids is 2. The van der Waals surface area contributed by atoms with E-state index < -0.39 is 11.9 Å². The van der Waals surface area contributed by atoms with Gasteiger partial charge in [0.2, 0.25) is 5.91 Å². The van der Waals surface area contributed by atoms with Gasteiger partial charge < -0.3 is 5.11 Å². The molecule has 1 unspecified atom stereocenters. The van der Waals surface area contributed by atoms with Crippen LogP contribution in [0.2, 0.25) is 0 Å². The predicted molar refractivity (Wildman–Crippen MR) is 109 cm³/mol. The molecule has 0 aromatic heterocycles. The molecule has 6 nitrogen and oxygen atoms in total. The molecule has 154 valence electrons. The highest BCUT2D eigenvalue weighted by molar-refractivity contribution is 6.17. The zero-order valence-corrected chi connectivity index (χ0v) is 17.2. The Labute approximate surface area is 167 Å². The predicted octanol–water partition coefficient (Wildman–Crippen LogP) is 3.68. The van der Waals surface area contributed by atoms with E-state index in [1.54, 1.807) is 0 Å². The van der Waals surface area contributed by atoms with Crippen molar-refractivity contribution >= 4 is 23.5 Å². The standard InChI is InChI=1S/C22H32N2O4/c1-4-5-14-23-15-7-6-11-18(23)22(28)24(19(25)12-13-20(26)27)21-16(2)9-8-10-17(21)3/h8-10,18H,4-7,11-15H2,1-3H3,(H,26,27). The summed E-state index contributed by atoms with van der Waals surface area (Å²) in [7, 11) is 0. The minimum Gasteiger partial charge on any atom is -0.481 e. The quantitative estimate of drug-likeness (QED) is 0.735. The molecule has 1 fully saturated rings. The second-order valence-corrected chi connectivity index (χ2v) is 7.60. The van der Waals surface area contributed by atoms with Crippen LogP contribution in [-0.2, 0) is 14.4 Å². The number of hydrogen-bond acceptors (Lipinski definition) is 4. The molecule has 1 aliphatic rings. The molecule has 1 N–H and O–H groups in total. The molecule has 2 amide bonds. The lowest BCUT2D eigenvalue weighted by atomic mass is 9.98. The Morgan fingerprint density at radius 2 is 1.82 bits per heavy atom. The van der Waals surface area contributed by atoms with Gasteiger partial charge in [-0.1, -0.05) is 38.0 Å². The zero-order valence-electron chi connectivity index (χ0n) is 17.2.